The van der Waals surface area contributed by atoms with E-state index in [0.717, 1.165) is 12.2 Å². The molecule has 0 aliphatic rings. The lowest BCUT2D eigenvalue weighted by atomic mass is 10.2. The van der Waals surface area contributed by atoms with Crippen LogP contribution in [-0.2, 0) is 0 Å². The van der Waals surface area contributed by atoms with Crippen molar-refractivity contribution in [2.24, 2.45) is 0 Å². The van der Waals surface area contributed by atoms with Crippen LogP contribution in [0.3, 0.4) is 0 Å². The molecule has 4 heteroatoms. The number of amides is 1. The maximum Gasteiger partial charge on any atom is 0.251 e. The number of carbonyl (C=O) groups is 1. The Morgan fingerprint density at radius 3 is 2.35 bits per heavy atom. The van der Waals surface area contributed by atoms with Gasteiger partial charge in [-0.2, -0.15) is 0 Å². The Kier molecular flexibility index (Phi) is 6.48. The monoisotopic (exact) mass is 313 g/mol. The minimum atomic E-state index is -0.0784. The zero-order valence-electron chi connectivity index (χ0n) is 13.6. The highest BCUT2D eigenvalue weighted by atomic mass is 16.5. The molecule has 0 aliphatic heterocycles. The zero-order chi connectivity index (χ0) is 16.5. The number of benzene rings is 2. The van der Waals surface area contributed by atoms with Crippen LogP contribution in [0, 0.1) is 0 Å². The van der Waals surface area contributed by atoms with Crippen LogP contribution in [0.5, 0.6) is 11.5 Å². The SMILES string of the molecule is CCC(C)NC(=O)c1cccc(OCCOc2ccccc2)c1. The van der Waals surface area contributed by atoms with Gasteiger partial charge in [0.15, 0.2) is 0 Å². The molecule has 122 valence electrons. The molecule has 4 nitrogen and oxygen atoms in total. The number of carbonyl (C=O) groups excluding carboxylic acids is 1. The lowest BCUT2D eigenvalue weighted by Gasteiger charge is -2.12. The second-order valence-electron chi connectivity index (χ2n) is 5.32. The molecule has 2 rings (SSSR count). The number of hydrogen-bond acceptors (Lipinski definition) is 3. The highest BCUT2D eigenvalue weighted by Crippen LogP contribution is 2.14. The molecule has 1 atom stereocenters. The van der Waals surface area contributed by atoms with Gasteiger partial charge in [0.1, 0.15) is 24.7 Å². The molecule has 1 amide bonds. The lowest BCUT2D eigenvalue weighted by molar-refractivity contribution is 0.0938. The van der Waals surface area contributed by atoms with Gasteiger partial charge in [0.2, 0.25) is 0 Å². The van der Waals surface area contributed by atoms with Crippen LogP contribution in [0.2, 0.25) is 0 Å². The third-order valence-corrected chi connectivity index (χ3v) is 3.45. The third kappa shape index (κ3) is 5.66. The van der Waals surface area contributed by atoms with Gasteiger partial charge in [-0.15, -0.1) is 0 Å². The van der Waals surface area contributed by atoms with Gasteiger partial charge in [-0.25, -0.2) is 0 Å². The molecule has 0 heterocycles. The van der Waals surface area contributed by atoms with E-state index in [-0.39, 0.29) is 11.9 Å². The van der Waals surface area contributed by atoms with E-state index in [9.17, 15) is 4.79 Å². The van der Waals surface area contributed by atoms with E-state index in [1.54, 1.807) is 12.1 Å². The Balaban J connectivity index is 1.81. The molecule has 0 aliphatic carbocycles. The molecule has 23 heavy (non-hydrogen) atoms. The summed E-state index contributed by atoms with van der Waals surface area (Å²) in [5, 5.41) is 2.94. The van der Waals surface area contributed by atoms with Crippen LogP contribution in [0.15, 0.2) is 54.6 Å². The molecule has 0 saturated heterocycles. The van der Waals surface area contributed by atoms with Crippen molar-refractivity contribution in [3.63, 3.8) is 0 Å². The number of ether oxygens (including phenoxy) is 2. The summed E-state index contributed by atoms with van der Waals surface area (Å²) in [6, 6.07) is 16.9. The summed E-state index contributed by atoms with van der Waals surface area (Å²) >= 11 is 0. The third-order valence-electron chi connectivity index (χ3n) is 3.45. The summed E-state index contributed by atoms with van der Waals surface area (Å²) in [6.07, 6.45) is 0.902. The van der Waals surface area contributed by atoms with E-state index in [4.69, 9.17) is 9.47 Å². The first-order valence-corrected chi connectivity index (χ1v) is 7.90. The molecule has 0 bridgehead atoms. The fourth-order valence-electron chi connectivity index (χ4n) is 1.97. The first kappa shape index (κ1) is 16.9. The smallest absolute Gasteiger partial charge is 0.251 e. The van der Waals surface area contributed by atoms with Gasteiger partial charge in [0.25, 0.3) is 5.91 Å². The molecule has 0 radical (unpaired) electrons. The highest BCUT2D eigenvalue weighted by Gasteiger charge is 2.09. The van der Waals surface area contributed by atoms with Crippen LogP contribution in [0.1, 0.15) is 30.6 Å². The minimum Gasteiger partial charge on any atom is -0.490 e. The van der Waals surface area contributed by atoms with Gasteiger partial charge in [0, 0.05) is 11.6 Å². The highest BCUT2D eigenvalue weighted by molar-refractivity contribution is 5.94. The molecule has 1 N–H and O–H groups in total. The van der Waals surface area contributed by atoms with E-state index in [1.165, 1.54) is 0 Å². The fraction of sp³-hybridized carbons (Fsp3) is 0.316. The normalized spacial score (nSPS) is 11.6. The predicted octanol–water partition coefficient (Wildman–Crippen LogP) is 3.67. The van der Waals surface area contributed by atoms with Crippen molar-refractivity contribution < 1.29 is 14.3 Å². The van der Waals surface area contributed by atoms with Crippen LogP contribution < -0.4 is 14.8 Å². The van der Waals surface area contributed by atoms with E-state index in [0.29, 0.717) is 24.5 Å². The second kappa shape index (κ2) is 8.83. The predicted molar refractivity (Wildman–Crippen MR) is 91.1 cm³/mol. The van der Waals surface area contributed by atoms with Gasteiger partial charge < -0.3 is 14.8 Å². The minimum absolute atomic E-state index is 0.0784. The Bertz CT molecular complexity index is 613. The number of para-hydroxylation sites is 1. The van der Waals surface area contributed by atoms with Crippen molar-refractivity contribution in [2.45, 2.75) is 26.3 Å². The van der Waals surface area contributed by atoms with Gasteiger partial charge in [0.05, 0.1) is 0 Å². The summed E-state index contributed by atoms with van der Waals surface area (Å²) in [5.41, 5.74) is 0.603. The molecule has 2 aromatic carbocycles. The van der Waals surface area contributed by atoms with Crippen molar-refractivity contribution in [2.75, 3.05) is 13.2 Å². The Labute approximate surface area is 137 Å². The van der Waals surface area contributed by atoms with Crippen molar-refractivity contribution in [1.29, 1.82) is 0 Å². The topological polar surface area (TPSA) is 47.6 Å². The van der Waals surface area contributed by atoms with Crippen LogP contribution in [0.25, 0.3) is 0 Å². The second-order valence-corrected chi connectivity index (χ2v) is 5.32. The maximum atomic E-state index is 12.1. The molecular weight excluding hydrogens is 290 g/mol. The van der Waals surface area contributed by atoms with Gasteiger partial charge in [-0.05, 0) is 43.7 Å². The standard InChI is InChI=1S/C19H23NO3/c1-3-15(2)20-19(21)16-8-7-11-18(14-16)23-13-12-22-17-9-5-4-6-10-17/h4-11,14-15H,3,12-13H2,1-2H3,(H,20,21). The molecule has 0 aromatic heterocycles. The van der Waals surface area contributed by atoms with Crippen LogP contribution in [0.4, 0.5) is 0 Å². The van der Waals surface area contributed by atoms with Crippen molar-refractivity contribution >= 4 is 5.91 Å². The summed E-state index contributed by atoms with van der Waals surface area (Å²) < 4.78 is 11.2. The largest absolute Gasteiger partial charge is 0.490 e. The van der Waals surface area contributed by atoms with Crippen molar-refractivity contribution in [3.8, 4) is 11.5 Å². The van der Waals surface area contributed by atoms with Crippen molar-refractivity contribution in [3.05, 3.63) is 60.2 Å². The zero-order valence-corrected chi connectivity index (χ0v) is 13.6. The molecule has 1 unspecified atom stereocenters. The number of rotatable bonds is 8. The molecule has 2 aromatic rings. The number of hydrogen-bond donors (Lipinski definition) is 1. The maximum absolute atomic E-state index is 12.1. The molecule has 0 spiro atoms. The van der Waals surface area contributed by atoms with Crippen molar-refractivity contribution in [1.82, 2.24) is 5.32 Å². The van der Waals surface area contributed by atoms with Gasteiger partial charge in [-0.1, -0.05) is 31.2 Å². The summed E-state index contributed by atoms with van der Waals surface area (Å²) in [7, 11) is 0. The van der Waals surface area contributed by atoms with Crippen LogP contribution >= 0.6 is 0 Å². The fourth-order valence-corrected chi connectivity index (χ4v) is 1.97. The Hall–Kier alpha value is -2.49. The van der Waals surface area contributed by atoms with E-state index < -0.39 is 0 Å². The first-order valence-electron chi connectivity index (χ1n) is 7.90. The molecule has 0 fully saturated rings. The summed E-state index contributed by atoms with van der Waals surface area (Å²) in [5.74, 6) is 1.40. The summed E-state index contributed by atoms with van der Waals surface area (Å²) in [6.45, 7) is 4.90. The quantitative estimate of drug-likeness (QED) is 0.756. The van der Waals surface area contributed by atoms with Gasteiger partial charge in [-0.3, -0.25) is 4.79 Å². The molecule has 0 saturated carbocycles. The summed E-state index contributed by atoms with van der Waals surface area (Å²) in [4.78, 5) is 12.1. The Morgan fingerprint density at radius 2 is 1.65 bits per heavy atom. The molecular formula is C19H23NO3. The average Bonchev–Trinajstić information content (AvgIpc) is 2.59. The average molecular weight is 313 g/mol. The Morgan fingerprint density at radius 1 is 1.00 bits per heavy atom. The van der Waals surface area contributed by atoms with Gasteiger partial charge >= 0.3 is 0 Å². The van der Waals surface area contributed by atoms with E-state index in [1.807, 2.05) is 56.3 Å². The van der Waals surface area contributed by atoms with Crippen LogP contribution in [-0.4, -0.2) is 25.2 Å². The van der Waals surface area contributed by atoms with E-state index >= 15 is 0 Å². The number of nitrogens with one attached hydrogen (secondary N) is 1. The first-order chi connectivity index (χ1) is 11.2. The lowest BCUT2D eigenvalue weighted by Crippen LogP contribution is -2.31. The van der Waals surface area contributed by atoms with E-state index in [2.05, 4.69) is 5.32 Å².